The van der Waals surface area contributed by atoms with Crippen LogP contribution in [0.5, 0.6) is 5.75 Å². The average Bonchev–Trinajstić information content (AvgIpc) is 2.68. The number of hydrogen-bond acceptors (Lipinski definition) is 4. The van der Waals surface area contributed by atoms with Crippen LogP contribution in [0.25, 0.3) is 0 Å². The molecule has 0 bridgehead atoms. The largest absolute Gasteiger partial charge is 0.484 e. The van der Waals surface area contributed by atoms with Crippen LogP contribution in [0.3, 0.4) is 0 Å². The number of nitrogens with zero attached hydrogens (tertiary/aromatic N) is 2. The Morgan fingerprint density at radius 2 is 1.58 bits per heavy atom. The molecule has 0 aliphatic carbocycles. The van der Waals surface area contributed by atoms with Crippen LogP contribution in [0.4, 0.5) is 0 Å². The van der Waals surface area contributed by atoms with Crippen molar-refractivity contribution in [2.45, 2.75) is 0 Å². The molecule has 1 fully saturated rings. The molecule has 0 radical (unpaired) electrons. The van der Waals surface area contributed by atoms with Crippen LogP contribution in [0.15, 0.2) is 54.6 Å². The van der Waals surface area contributed by atoms with Crippen LogP contribution in [0.2, 0.25) is 5.02 Å². The summed E-state index contributed by atoms with van der Waals surface area (Å²) in [6.45, 7) is 2.96. The first-order chi connectivity index (χ1) is 12.6. The molecule has 0 unspecified atom stereocenters. The third-order valence-corrected chi connectivity index (χ3v) is 4.62. The topological polar surface area (TPSA) is 49.9 Å². The van der Waals surface area contributed by atoms with Crippen LogP contribution < -0.4 is 4.74 Å². The SMILES string of the molecule is O=C(CN1CCN(C(=O)COc2ccc(Cl)cc2)CC1)c1ccccc1. The summed E-state index contributed by atoms with van der Waals surface area (Å²) in [6.07, 6.45) is 0. The number of amides is 1. The molecule has 0 saturated carbocycles. The van der Waals surface area contributed by atoms with Crippen molar-refractivity contribution in [1.82, 2.24) is 9.80 Å². The molecule has 0 atom stereocenters. The molecule has 2 aromatic carbocycles. The highest BCUT2D eigenvalue weighted by molar-refractivity contribution is 6.30. The van der Waals surface area contributed by atoms with Gasteiger partial charge in [0.1, 0.15) is 5.75 Å². The van der Waals surface area contributed by atoms with E-state index < -0.39 is 0 Å². The van der Waals surface area contributed by atoms with E-state index >= 15 is 0 Å². The summed E-state index contributed by atoms with van der Waals surface area (Å²) in [5.74, 6) is 0.681. The quantitative estimate of drug-likeness (QED) is 0.732. The molecule has 2 aromatic rings. The second-order valence-electron chi connectivity index (χ2n) is 6.19. The zero-order valence-electron chi connectivity index (χ0n) is 14.4. The second kappa shape index (κ2) is 8.83. The third kappa shape index (κ3) is 5.07. The molecule has 0 aromatic heterocycles. The van der Waals surface area contributed by atoms with Crippen molar-refractivity contribution in [3.8, 4) is 5.75 Å². The summed E-state index contributed by atoms with van der Waals surface area (Å²) in [6, 6.07) is 16.2. The molecule has 5 nitrogen and oxygen atoms in total. The van der Waals surface area contributed by atoms with Gasteiger partial charge >= 0.3 is 0 Å². The van der Waals surface area contributed by atoms with Crippen LogP contribution in [-0.4, -0.2) is 60.8 Å². The Bertz CT molecular complexity index is 741. The smallest absolute Gasteiger partial charge is 0.260 e. The fraction of sp³-hybridized carbons (Fsp3) is 0.300. The molecule has 1 amide bonds. The fourth-order valence-electron chi connectivity index (χ4n) is 2.84. The minimum Gasteiger partial charge on any atom is -0.484 e. The van der Waals surface area contributed by atoms with Gasteiger partial charge in [-0.3, -0.25) is 14.5 Å². The van der Waals surface area contributed by atoms with Gasteiger partial charge < -0.3 is 9.64 Å². The highest BCUT2D eigenvalue weighted by Gasteiger charge is 2.23. The van der Waals surface area contributed by atoms with E-state index in [2.05, 4.69) is 4.90 Å². The summed E-state index contributed by atoms with van der Waals surface area (Å²) in [7, 11) is 0. The maximum Gasteiger partial charge on any atom is 0.260 e. The molecule has 1 aliphatic heterocycles. The number of ketones is 1. The molecule has 0 spiro atoms. The normalized spacial score (nSPS) is 14.9. The first-order valence-corrected chi connectivity index (χ1v) is 8.96. The van der Waals surface area contributed by atoms with Crippen molar-refractivity contribution in [3.63, 3.8) is 0 Å². The minimum atomic E-state index is -0.0472. The molecule has 1 heterocycles. The number of carbonyl (C=O) groups is 2. The summed E-state index contributed by atoms with van der Waals surface area (Å²) in [5.41, 5.74) is 0.724. The van der Waals surface area contributed by atoms with Crippen molar-refractivity contribution >= 4 is 23.3 Å². The zero-order chi connectivity index (χ0) is 18.4. The van der Waals surface area contributed by atoms with E-state index in [9.17, 15) is 9.59 Å². The molecular formula is C20H21ClN2O3. The third-order valence-electron chi connectivity index (χ3n) is 4.36. The van der Waals surface area contributed by atoms with E-state index in [-0.39, 0.29) is 18.3 Å². The number of Topliss-reactive ketones (excluding diaryl/α,β-unsaturated/α-hetero) is 1. The molecule has 26 heavy (non-hydrogen) atoms. The van der Waals surface area contributed by atoms with Crippen molar-refractivity contribution in [1.29, 1.82) is 0 Å². The lowest BCUT2D eigenvalue weighted by Crippen LogP contribution is -2.51. The summed E-state index contributed by atoms with van der Waals surface area (Å²) in [5, 5.41) is 0.629. The Labute approximate surface area is 158 Å². The summed E-state index contributed by atoms with van der Waals surface area (Å²) in [4.78, 5) is 28.4. The van der Waals surface area contributed by atoms with E-state index in [0.717, 1.165) is 5.56 Å². The van der Waals surface area contributed by atoms with Crippen molar-refractivity contribution in [2.24, 2.45) is 0 Å². The van der Waals surface area contributed by atoms with Gasteiger partial charge in [0.2, 0.25) is 0 Å². The lowest BCUT2D eigenvalue weighted by molar-refractivity contribution is -0.135. The van der Waals surface area contributed by atoms with E-state index in [1.54, 1.807) is 29.2 Å². The Morgan fingerprint density at radius 3 is 2.23 bits per heavy atom. The van der Waals surface area contributed by atoms with Gasteiger partial charge in [-0.1, -0.05) is 41.9 Å². The lowest BCUT2D eigenvalue weighted by Gasteiger charge is -2.34. The van der Waals surface area contributed by atoms with Gasteiger partial charge in [0.05, 0.1) is 6.54 Å². The molecule has 3 rings (SSSR count). The lowest BCUT2D eigenvalue weighted by atomic mass is 10.1. The molecule has 136 valence electrons. The predicted molar refractivity (Wildman–Crippen MR) is 101 cm³/mol. The van der Waals surface area contributed by atoms with Crippen molar-refractivity contribution < 1.29 is 14.3 Å². The number of hydrogen-bond donors (Lipinski definition) is 0. The van der Waals surface area contributed by atoms with Gasteiger partial charge in [-0.25, -0.2) is 0 Å². The number of halogens is 1. The number of benzene rings is 2. The van der Waals surface area contributed by atoms with Gasteiger partial charge in [0.25, 0.3) is 5.91 Å². The molecule has 0 N–H and O–H groups in total. The van der Waals surface area contributed by atoms with Gasteiger partial charge in [0, 0.05) is 36.8 Å². The standard InChI is InChI=1S/C20H21ClN2O3/c21-17-6-8-18(9-7-17)26-15-20(25)23-12-10-22(11-13-23)14-19(24)16-4-2-1-3-5-16/h1-9H,10-15H2. The number of piperazine rings is 1. The zero-order valence-corrected chi connectivity index (χ0v) is 15.2. The molecule has 6 heteroatoms. The highest BCUT2D eigenvalue weighted by atomic mass is 35.5. The Kier molecular flexibility index (Phi) is 6.26. The fourth-order valence-corrected chi connectivity index (χ4v) is 2.97. The van der Waals surface area contributed by atoms with E-state index in [1.165, 1.54) is 0 Å². The van der Waals surface area contributed by atoms with E-state index in [0.29, 0.717) is 43.5 Å². The van der Waals surface area contributed by atoms with Crippen LogP contribution in [-0.2, 0) is 4.79 Å². The predicted octanol–water partition coefficient (Wildman–Crippen LogP) is 2.75. The first kappa shape index (κ1) is 18.4. The maximum absolute atomic E-state index is 12.3. The highest BCUT2D eigenvalue weighted by Crippen LogP contribution is 2.15. The van der Waals surface area contributed by atoms with E-state index in [4.69, 9.17) is 16.3 Å². The monoisotopic (exact) mass is 372 g/mol. The number of ether oxygens (including phenoxy) is 1. The minimum absolute atomic E-state index is 0.00454. The molecular weight excluding hydrogens is 352 g/mol. The maximum atomic E-state index is 12.3. The van der Waals surface area contributed by atoms with Crippen molar-refractivity contribution in [3.05, 3.63) is 65.2 Å². The van der Waals surface area contributed by atoms with Crippen molar-refractivity contribution in [2.75, 3.05) is 39.3 Å². The van der Waals surface area contributed by atoms with Crippen LogP contribution in [0.1, 0.15) is 10.4 Å². The van der Waals surface area contributed by atoms with Crippen LogP contribution in [0, 0.1) is 0 Å². The van der Waals surface area contributed by atoms with Gasteiger partial charge in [-0.2, -0.15) is 0 Å². The van der Waals surface area contributed by atoms with Gasteiger partial charge in [0.15, 0.2) is 12.4 Å². The Morgan fingerprint density at radius 1 is 0.923 bits per heavy atom. The average molecular weight is 373 g/mol. The van der Waals surface area contributed by atoms with Gasteiger partial charge in [-0.05, 0) is 24.3 Å². The van der Waals surface area contributed by atoms with Gasteiger partial charge in [-0.15, -0.1) is 0 Å². The molecule has 1 saturated heterocycles. The summed E-state index contributed by atoms with van der Waals surface area (Å²) >= 11 is 5.83. The summed E-state index contributed by atoms with van der Waals surface area (Å²) < 4.78 is 5.51. The molecule has 1 aliphatic rings. The number of rotatable bonds is 6. The Hall–Kier alpha value is -2.37. The number of carbonyl (C=O) groups excluding carboxylic acids is 2. The van der Waals surface area contributed by atoms with Crippen LogP contribution >= 0.6 is 11.6 Å². The second-order valence-corrected chi connectivity index (χ2v) is 6.63. The first-order valence-electron chi connectivity index (χ1n) is 8.58. The Balaban J connectivity index is 1.42. The van der Waals surface area contributed by atoms with E-state index in [1.807, 2.05) is 30.3 Å².